The predicted octanol–water partition coefficient (Wildman–Crippen LogP) is 1.55. The molecule has 1 aromatic heterocycles. The monoisotopic (exact) mass is 316 g/mol. The van der Waals surface area contributed by atoms with Crippen LogP contribution in [0, 0.1) is 0 Å². The van der Waals surface area contributed by atoms with Crippen LogP contribution in [0.15, 0.2) is 42.4 Å². The van der Waals surface area contributed by atoms with Gasteiger partial charge in [-0.05, 0) is 18.2 Å². The predicted molar refractivity (Wildman–Crippen MR) is 84.8 cm³/mol. The lowest BCUT2D eigenvalue weighted by Gasteiger charge is -2.29. The van der Waals surface area contributed by atoms with Crippen molar-refractivity contribution in [2.45, 2.75) is 11.7 Å². The van der Waals surface area contributed by atoms with Gasteiger partial charge in [-0.25, -0.2) is 14.4 Å². The molecular weight excluding hydrogens is 299 g/mol. The zero-order valence-corrected chi connectivity index (χ0v) is 12.8. The Kier molecular flexibility index (Phi) is 3.65. The van der Waals surface area contributed by atoms with Crippen molar-refractivity contribution in [1.29, 1.82) is 0 Å². The minimum Gasteiger partial charge on any atom is -0.493 e. The maximum atomic E-state index is 15.6. The second kappa shape index (κ2) is 5.51. The normalized spacial score (nSPS) is 23.7. The number of aromatic nitrogens is 2. The molecule has 120 valence electrons. The van der Waals surface area contributed by atoms with E-state index in [2.05, 4.69) is 9.97 Å². The first-order chi connectivity index (χ1) is 11.0. The van der Waals surface area contributed by atoms with Gasteiger partial charge in [0, 0.05) is 17.1 Å². The van der Waals surface area contributed by atoms with Crippen LogP contribution in [-0.4, -0.2) is 30.2 Å². The molecule has 0 saturated carbocycles. The van der Waals surface area contributed by atoms with Crippen LogP contribution < -0.4 is 20.9 Å². The van der Waals surface area contributed by atoms with Gasteiger partial charge in [0.2, 0.25) is 0 Å². The fourth-order valence-corrected chi connectivity index (χ4v) is 2.66. The molecule has 1 aliphatic carbocycles. The third kappa shape index (κ3) is 2.39. The fraction of sp³-hybridized carbons (Fsp3) is 0.250. The molecule has 2 unspecified atom stereocenters. The van der Waals surface area contributed by atoms with Crippen LogP contribution >= 0.6 is 0 Å². The Morgan fingerprint density at radius 2 is 1.87 bits per heavy atom. The summed E-state index contributed by atoms with van der Waals surface area (Å²) >= 11 is 0. The summed E-state index contributed by atoms with van der Waals surface area (Å²) in [6.07, 6.45) is 5.66. The molecule has 3 rings (SSSR count). The van der Waals surface area contributed by atoms with Crippen molar-refractivity contribution in [1.82, 2.24) is 9.97 Å². The van der Waals surface area contributed by atoms with Crippen LogP contribution in [0.1, 0.15) is 5.69 Å². The second-order valence-electron chi connectivity index (χ2n) is 5.24. The molecule has 2 atom stereocenters. The molecule has 1 heterocycles. The third-order valence-electron chi connectivity index (χ3n) is 3.86. The number of benzene rings is 1. The summed E-state index contributed by atoms with van der Waals surface area (Å²) in [4.78, 5) is 8.29. The maximum Gasteiger partial charge on any atom is 0.192 e. The number of hydrogen-bond acceptors (Lipinski definition) is 6. The van der Waals surface area contributed by atoms with E-state index in [-0.39, 0.29) is 5.69 Å². The number of nitrogens with zero attached hydrogens (tertiary/aromatic N) is 2. The van der Waals surface area contributed by atoms with E-state index < -0.39 is 11.7 Å². The quantitative estimate of drug-likeness (QED) is 0.892. The lowest BCUT2D eigenvalue weighted by molar-refractivity contribution is 0.202. The number of ether oxygens (including phenoxy) is 2. The average molecular weight is 316 g/mol. The minimum atomic E-state index is -2.03. The van der Waals surface area contributed by atoms with E-state index in [9.17, 15) is 0 Å². The summed E-state index contributed by atoms with van der Waals surface area (Å²) in [5.74, 6) is 0.956. The summed E-state index contributed by atoms with van der Waals surface area (Å²) in [5.41, 5.74) is 10.6. The summed E-state index contributed by atoms with van der Waals surface area (Å²) < 4.78 is 26.1. The van der Waals surface area contributed by atoms with Crippen LogP contribution in [-0.2, 0) is 5.67 Å². The molecular formula is C16H17FN4O2. The van der Waals surface area contributed by atoms with E-state index in [4.69, 9.17) is 20.9 Å². The fourth-order valence-electron chi connectivity index (χ4n) is 2.66. The molecule has 0 aliphatic heterocycles. The SMILES string of the molecule is COc1cc2ncnc(C3(F)C=C(N)C=CC3N)c2cc1OC. The van der Waals surface area contributed by atoms with Crippen molar-refractivity contribution < 1.29 is 13.9 Å². The highest BCUT2D eigenvalue weighted by molar-refractivity contribution is 5.85. The standard InChI is InChI=1S/C16H17FN4O2/c1-22-12-5-10-11(6-13(12)23-2)20-8-21-15(10)16(17)7-9(18)3-4-14(16)19/h3-8,14H,18-19H2,1-2H3. The molecule has 23 heavy (non-hydrogen) atoms. The molecule has 0 amide bonds. The molecule has 7 heteroatoms. The molecule has 0 spiro atoms. The van der Waals surface area contributed by atoms with Gasteiger partial charge in [0.1, 0.15) is 6.33 Å². The number of fused-ring (bicyclic) bond motifs is 1. The molecule has 0 bridgehead atoms. The first kappa shape index (κ1) is 15.2. The largest absolute Gasteiger partial charge is 0.493 e. The van der Waals surface area contributed by atoms with Crippen molar-refractivity contribution in [2.24, 2.45) is 11.5 Å². The molecule has 1 aliphatic rings. The Bertz CT molecular complexity index is 821. The summed E-state index contributed by atoms with van der Waals surface area (Å²) in [5, 5.41) is 0.488. The number of allylic oxidation sites excluding steroid dienone is 1. The highest BCUT2D eigenvalue weighted by atomic mass is 19.1. The van der Waals surface area contributed by atoms with Crippen LogP contribution in [0.25, 0.3) is 10.9 Å². The Morgan fingerprint density at radius 3 is 2.57 bits per heavy atom. The lowest BCUT2D eigenvalue weighted by atomic mass is 9.86. The number of hydrogen-bond donors (Lipinski definition) is 2. The molecule has 0 radical (unpaired) electrons. The highest BCUT2D eigenvalue weighted by Crippen LogP contribution is 2.39. The Hall–Kier alpha value is -2.67. The number of nitrogens with two attached hydrogens (primary N) is 2. The van der Waals surface area contributed by atoms with E-state index >= 15 is 4.39 Å². The van der Waals surface area contributed by atoms with E-state index in [1.165, 1.54) is 32.7 Å². The van der Waals surface area contributed by atoms with Crippen LogP contribution in [0.4, 0.5) is 4.39 Å². The zero-order valence-electron chi connectivity index (χ0n) is 12.8. The molecule has 6 nitrogen and oxygen atoms in total. The zero-order chi connectivity index (χ0) is 16.6. The number of halogens is 1. The van der Waals surface area contributed by atoms with Gasteiger partial charge < -0.3 is 20.9 Å². The van der Waals surface area contributed by atoms with Crippen molar-refractivity contribution >= 4 is 10.9 Å². The first-order valence-electron chi connectivity index (χ1n) is 6.98. The summed E-state index contributed by atoms with van der Waals surface area (Å²) in [6.45, 7) is 0. The van der Waals surface area contributed by atoms with Crippen molar-refractivity contribution in [3.8, 4) is 11.5 Å². The van der Waals surface area contributed by atoms with Gasteiger partial charge in [0.05, 0.1) is 31.5 Å². The Morgan fingerprint density at radius 1 is 1.17 bits per heavy atom. The molecule has 1 aromatic carbocycles. The molecule has 4 N–H and O–H groups in total. The van der Waals surface area contributed by atoms with E-state index in [1.807, 2.05) is 0 Å². The number of rotatable bonds is 3. The van der Waals surface area contributed by atoms with Gasteiger partial charge in [0.15, 0.2) is 17.2 Å². The highest BCUT2D eigenvalue weighted by Gasteiger charge is 2.40. The van der Waals surface area contributed by atoms with Crippen molar-refractivity contribution in [3.63, 3.8) is 0 Å². The van der Waals surface area contributed by atoms with Gasteiger partial charge in [-0.3, -0.25) is 0 Å². The summed E-state index contributed by atoms with van der Waals surface area (Å²) in [7, 11) is 3.03. The average Bonchev–Trinajstić information content (AvgIpc) is 2.56. The smallest absolute Gasteiger partial charge is 0.192 e. The van der Waals surface area contributed by atoms with Gasteiger partial charge in [-0.15, -0.1) is 0 Å². The number of alkyl halides is 1. The topological polar surface area (TPSA) is 96.3 Å². The third-order valence-corrected chi connectivity index (χ3v) is 3.86. The van der Waals surface area contributed by atoms with Crippen LogP contribution in [0.5, 0.6) is 11.5 Å². The van der Waals surface area contributed by atoms with Gasteiger partial charge >= 0.3 is 0 Å². The molecule has 0 fully saturated rings. The van der Waals surface area contributed by atoms with E-state index in [0.717, 1.165) is 0 Å². The van der Waals surface area contributed by atoms with Gasteiger partial charge in [-0.1, -0.05) is 6.08 Å². The molecule has 0 saturated heterocycles. The van der Waals surface area contributed by atoms with Crippen LogP contribution in [0.2, 0.25) is 0 Å². The van der Waals surface area contributed by atoms with Crippen molar-refractivity contribution in [2.75, 3.05) is 14.2 Å². The van der Waals surface area contributed by atoms with Gasteiger partial charge in [0.25, 0.3) is 0 Å². The first-order valence-corrected chi connectivity index (χ1v) is 6.98. The van der Waals surface area contributed by atoms with Gasteiger partial charge in [-0.2, -0.15) is 0 Å². The second-order valence-corrected chi connectivity index (χ2v) is 5.24. The maximum absolute atomic E-state index is 15.6. The molecule has 2 aromatic rings. The Balaban J connectivity index is 2.28. The Labute approximate surface area is 132 Å². The van der Waals surface area contributed by atoms with Crippen molar-refractivity contribution in [3.05, 3.63) is 48.1 Å². The van der Waals surface area contributed by atoms with E-state index in [1.54, 1.807) is 18.2 Å². The number of methoxy groups -OCH3 is 2. The minimum absolute atomic E-state index is 0.142. The lowest BCUT2D eigenvalue weighted by Crippen LogP contribution is -2.42. The summed E-state index contributed by atoms with van der Waals surface area (Å²) in [6, 6.07) is 2.40. The van der Waals surface area contributed by atoms with E-state index in [0.29, 0.717) is 28.1 Å². The van der Waals surface area contributed by atoms with Crippen LogP contribution in [0.3, 0.4) is 0 Å².